The van der Waals surface area contributed by atoms with Gasteiger partial charge in [0.25, 0.3) is 0 Å². The highest BCUT2D eigenvalue weighted by atomic mass is 79.9. The van der Waals surface area contributed by atoms with E-state index in [0.717, 1.165) is 10.0 Å². The zero-order chi connectivity index (χ0) is 17.1. The van der Waals surface area contributed by atoms with Crippen molar-refractivity contribution >= 4 is 44.7 Å². The van der Waals surface area contributed by atoms with Crippen LogP contribution in [-0.2, 0) is 9.59 Å². The fraction of sp³-hybridized carbons (Fsp3) is 0.357. The number of hydrogen-bond acceptors (Lipinski definition) is 6. The van der Waals surface area contributed by atoms with Crippen molar-refractivity contribution in [2.75, 3.05) is 14.2 Å². The molecule has 0 unspecified atom stereocenters. The Hall–Kier alpha value is -1.74. The number of nitrogens with zero attached hydrogens (tertiary/aromatic N) is 2. The van der Waals surface area contributed by atoms with Crippen LogP contribution >= 0.6 is 27.7 Å². The Morgan fingerprint density at radius 3 is 2.43 bits per heavy atom. The number of thioether (sulfide) groups is 1. The SMILES string of the molecule is COc1cc(OC)c([C@@H]2SC(NC(C)=O)=NN2C(C)=O)cc1Br. The standard InChI is InChI=1S/C14H16BrN3O4S/c1-7(19)16-14-17-18(8(2)20)13(23-14)9-5-10(15)12(22-4)6-11(9)21-3/h5-6,13H,1-4H3,(H,16,17,19)/t13-/m0/s1. The summed E-state index contributed by atoms with van der Waals surface area (Å²) < 4.78 is 11.4. The average Bonchev–Trinajstić information content (AvgIpc) is 2.90. The summed E-state index contributed by atoms with van der Waals surface area (Å²) in [7, 11) is 3.10. The summed E-state index contributed by atoms with van der Waals surface area (Å²) in [4.78, 5) is 23.1. The van der Waals surface area contributed by atoms with E-state index in [1.807, 2.05) is 6.07 Å². The number of rotatable bonds is 3. The van der Waals surface area contributed by atoms with Gasteiger partial charge < -0.3 is 14.8 Å². The Balaban J connectivity index is 2.42. The molecule has 0 saturated heterocycles. The number of benzene rings is 1. The van der Waals surface area contributed by atoms with Crippen molar-refractivity contribution in [3.63, 3.8) is 0 Å². The van der Waals surface area contributed by atoms with Crippen LogP contribution in [0.25, 0.3) is 0 Å². The van der Waals surface area contributed by atoms with Gasteiger partial charge in [0.15, 0.2) is 5.17 Å². The molecular weight excluding hydrogens is 386 g/mol. The van der Waals surface area contributed by atoms with E-state index in [4.69, 9.17) is 9.47 Å². The number of halogens is 1. The van der Waals surface area contributed by atoms with Gasteiger partial charge in [-0.15, -0.1) is 5.10 Å². The summed E-state index contributed by atoms with van der Waals surface area (Å²) in [6.45, 7) is 2.80. The molecule has 124 valence electrons. The number of amides is 2. The second-order valence-corrected chi connectivity index (χ2v) is 6.57. The molecule has 1 aliphatic heterocycles. The lowest BCUT2D eigenvalue weighted by atomic mass is 10.1. The van der Waals surface area contributed by atoms with Crippen LogP contribution in [0.5, 0.6) is 11.5 Å². The Morgan fingerprint density at radius 2 is 1.91 bits per heavy atom. The molecular formula is C14H16BrN3O4S. The van der Waals surface area contributed by atoms with E-state index in [1.165, 1.54) is 30.6 Å². The Labute approximate surface area is 146 Å². The maximum atomic E-state index is 11.9. The zero-order valence-electron chi connectivity index (χ0n) is 13.0. The quantitative estimate of drug-likeness (QED) is 0.841. The molecule has 0 fully saturated rings. The molecule has 0 spiro atoms. The number of hydrogen-bond donors (Lipinski definition) is 1. The first-order valence-corrected chi connectivity index (χ1v) is 8.28. The third-order valence-electron chi connectivity index (χ3n) is 3.02. The van der Waals surface area contributed by atoms with Gasteiger partial charge in [0, 0.05) is 25.5 Å². The van der Waals surface area contributed by atoms with Crippen LogP contribution < -0.4 is 14.8 Å². The van der Waals surface area contributed by atoms with Gasteiger partial charge in [-0.05, 0) is 22.0 Å². The van der Waals surface area contributed by atoms with Gasteiger partial charge in [-0.1, -0.05) is 11.8 Å². The molecule has 2 amide bonds. The van der Waals surface area contributed by atoms with E-state index in [9.17, 15) is 9.59 Å². The van der Waals surface area contributed by atoms with E-state index in [0.29, 0.717) is 16.7 Å². The lowest BCUT2D eigenvalue weighted by molar-refractivity contribution is -0.129. The van der Waals surface area contributed by atoms with E-state index in [-0.39, 0.29) is 11.8 Å². The molecule has 0 radical (unpaired) electrons. The zero-order valence-corrected chi connectivity index (χ0v) is 15.4. The molecule has 9 heteroatoms. The molecule has 1 N–H and O–H groups in total. The van der Waals surface area contributed by atoms with E-state index in [1.54, 1.807) is 20.3 Å². The minimum Gasteiger partial charge on any atom is -0.496 e. The van der Waals surface area contributed by atoms with Crippen LogP contribution in [0.15, 0.2) is 21.7 Å². The van der Waals surface area contributed by atoms with Gasteiger partial charge in [-0.3, -0.25) is 9.59 Å². The summed E-state index contributed by atoms with van der Waals surface area (Å²) >= 11 is 4.69. The maximum absolute atomic E-state index is 11.9. The average molecular weight is 402 g/mol. The molecule has 0 aromatic heterocycles. The van der Waals surface area contributed by atoms with Crippen molar-refractivity contribution in [3.05, 3.63) is 22.2 Å². The highest BCUT2D eigenvalue weighted by Gasteiger charge is 2.34. The van der Waals surface area contributed by atoms with Gasteiger partial charge in [-0.2, -0.15) is 0 Å². The predicted molar refractivity (Wildman–Crippen MR) is 91.3 cm³/mol. The van der Waals surface area contributed by atoms with Gasteiger partial charge in [0.2, 0.25) is 11.8 Å². The summed E-state index contributed by atoms with van der Waals surface area (Å²) in [5.74, 6) is 0.694. The minimum absolute atomic E-state index is 0.239. The van der Waals surface area contributed by atoms with Crippen molar-refractivity contribution in [2.24, 2.45) is 5.10 Å². The smallest absolute Gasteiger partial charge is 0.241 e. The van der Waals surface area contributed by atoms with Crippen molar-refractivity contribution in [1.82, 2.24) is 10.3 Å². The third kappa shape index (κ3) is 3.78. The topological polar surface area (TPSA) is 80.2 Å². The van der Waals surface area contributed by atoms with Crippen molar-refractivity contribution < 1.29 is 19.1 Å². The van der Waals surface area contributed by atoms with Gasteiger partial charge in [0.1, 0.15) is 16.9 Å². The van der Waals surface area contributed by atoms with Gasteiger partial charge in [-0.25, -0.2) is 5.01 Å². The number of carbonyl (C=O) groups is 2. The predicted octanol–water partition coefficient (Wildman–Crippen LogP) is 2.47. The Morgan fingerprint density at radius 1 is 1.26 bits per heavy atom. The number of carbonyl (C=O) groups excluding carboxylic acids is 2. The first-order valence-electron chi connectivity index (χ1n) is 6.61. The molecule has 1 heterocycles. The highest BCUT2D eigenvalue weighted by Crippen LogP contribution is 2.45. The van der Waals surface area contributed by atoms with Gasteiger partial charge >= 0.3 is 0 Å². The third-order valence-corrected chi connectivity index (χ3v) is 4.72. The van der Waals surface area contributed by atoms with Crippen LogP contribution in [0.3, 0.4) is 0 Å². The van der Waals surface area contributed by atoms with Crippen LogP contribution in [-0.4, -0.2) is 36.2 Å². The summed E-state index contributed by atoms with van der Waals surface area (Å²) in [6, 6.07) is 3.55. The Bertz CT molecular complexity index is 680. The number of methoxy groups -OCH3 is 2. The number of ether oxygens (including phenoxy) is 2. The monoisotopic (exact) mass is 401 g/mol. The number of amidine groups is 1. The lowest BCUT2D eigenvalue weighted by Gasteiger charge is -2.22. The number of hydrazone groups is 1. The summed E-state index contributed by atoms with van der Waals surface area (Å²) in [6.07, 6.45) is 0. The first kappa shape index (κ1) is 17.6. The van der Waals surface area contributed by atoms with Crippen molar-refractivity contribution in [2.45, 2.75) is 19.2 Å². The van der Waals surface area contributed by atoms with E-state index in [2.05, 4.69) is 26.3 Å². The molecule has 1 aliphatic rings. The van der Waals surface area contributed by atoms with Crippen LogP contribution in [0, 0.1) is 0 Å². The molecule has 1 atom stereocenters. The van der Waals surface area contributed by atoms with Crippen molar-refractivity contribution in [3.8, 4) is 11.5 Å². The van der Waals surface area contributed by atoms with E-state index < -0.39 is 5.37 Å². The Kier molecular flexibility index (Phi) is 5.53. The molecule has 2 rings (SSSR count). The molecule has 7 nitrogen and oxygen atoms in total. The number of nitrogens with one attached hydrogen (secondary N) is 1. The van der Waals surface area contributed by atoms with Gasteiger partial charge in [0.05, 0.1) is 18.7 Å². The molecule has 23 heavy (non-hydrogen) atoms. The molecule has 1 aromatic rings. The first-order chi connectivity index (χ1) is 10.9. The fourth-order valence-corrected chi connectivity index (χ4v) is 3.72. The fourth-order valence-electron chi connectivity index (χ4n) is 2.04. The second kappa shape index (κ2) is 7.22. The van der Waals surface area contributed by atoms with E-state index >= 15 is 0 Å². The highest BCUT2D eigenvalue weighted by molar-refractivity contribution is 9.10. The maximum Gasteiger partial charge on any atom is 0.241 e. The molecule has 0 aliphatic carbocycles. The molecule has 1 aromatic carbocycles. The molecule has 0 bridgehead atoms. The largest absolute Gasteiger partial charge is 0.496 e. The van der Waals surface area contributed by atoms with Crippen LogP contribution in [0.4, 0.5) is 0 Å². The summed E-state index contributed by atoms with van der Waals surface area (Å²) in [5.41, 5.74) is 0.740. The van der Waals surface area contributed by atoms with Crippen LogP contribution in [0.1, 0.15) is 24.8 Å². The minimum atomic E-state index is -0.438. The van der Waals surface area contributed by atoms with Crippen molar-refractivity contribution in [1.29, 1.82) is 0 Å². The molecule has 0 saturated carbocycles. The lowest BCUT2D eigenvalue weighted by Crippen LogP contribution is -2.25. The second-order valence-electron chi connectivity index (χ2n) is 4.65. The van der Waals surface area contributed by atoms with Crippen LogP contribution in [0.2, 0.25) is 0 Å². The summed E-state index contributed by atoms with van der Waals surface area (Å²) in [5, 5.41) is 8.01. The normalized spacial score (nSPS) is 16.8.